The zero-order chi connectivity index (χ0) is 18.9. The molecule has 2 unspecified atom stereocenters. The van der Waals surface area contributed by atoms with Gasteiger partial charge in [0.05, 0.1) is 0 Å². The van der Waals surface area contributed by atoms with Crippen LogP contribution < -0.4 is 0 Å². The molecule has 2 atom stereocenters. The molecule has 0 N–H and O–H groups in total. The van der Waals surface area contributed by atoms with Crippen molar-refractivity contribution in [1.29, 1.82) is 0 Å². The summed E-state index contributed by atoms with van der Waals surface area (Å²) in [6, 6.07) is 0. The highest BCUT2D eigenvalue weighted by atomic mass is 16.6. The molecule has 1 aliphatic rings. The first-order valence-electron chi connectivity index (χ1n) is 8.56. The fourth-order valence-electron chi connectivity index (χ4n) is 2.73. The first-order valence-corrected chi connectivity index (χ1v) is 8.56. The molecule has 0 saturated carbocycles. The normalized spacial score (nSPS) is 24.0. The van der Waals surface area contributed by atoms with Gasteiger partial charge in [-0.2, -0.15) is 0 Å². The number of carbonyl (C=O) groups excluding carboxylic acids is 2. The maximum atomic E-state index is 13.0. The van der Waals surface area contributed by atoms with Gasteiger partial charge >= 0.3 is 12.1 Å². The number of amides is 1. The van der Waals surface area contributed by atoms with Gasteiger partial charge in [-0.25, -0.2) is 9.59 Å². The standard InChI is InChI=1S/C19H33NO4/c1-13(2)10-11-19(15(21)23-17(4,5)6)14(3)12-20(19)16(22)24-18(7,8)9/h10,14H,11-12H2,1-9H3. The summed E-state index contributed by atoms with van der Waals surface area (Å²) in [6.45, 7) is 17.4. The van der Waals surface area contributed by atoms with E-state index in [1.165, 1.54) is 4.90 Å². The predicted octanol–water partition coefficient (Wildman–Crippen LogP) is 4.31. The van der Waals surface area contributed by atoms with Gasteiger partial charge < -0.3 is 9.47 Å². The molecule has 0 aromatic heterocycles. The summed E-state index contributed by atoms with van der Waals surface area (Å²) in [5.74, 6) is -0.354. The molecule has 1 saturated heterocycles. The number of hydrogen-bond acceptors (Lipinski definition) is 4. The number of hydrogen-bond donors (Lipinski definition) is 0. The molecule has 1 aliphatic heterocycles. The second-order valence-electron chi connectivity index (χ2n) is 8.90. The van der Waals surface area contributed by atoms with E-state index in [1.807, 2.05) is 68.4 Å². The van der Waals surface area contributed by atoms with E-state index in [2.05, 4.69) is 0 Å². The molecule has 0 radical (unpaired) electrons. The van der Waals surface area contributed by atoms with Crippen LogP contribution in [0.25, 0.3) is 0 Å². The molecule has 0 spiro atoms. The van der Waals surface area contributed by atoms with Gasteiger partial charge in [-0.15, -0.1) is 0 Å². The number of rotatable bonds is 3. The molecular weight excluding hydrogens is 306 g/mol. The monoisotopic (exact) mass is 339 g/mol. The smallest absolute Gasteiger partial charge is 0.411 e. The van der Waals surface area contributed by atoms with E-state index in [0.717, 1.165) is 5.57 Å². The van der Waals surface area contributed by atoms with Crippen molar-refractivity contribution < 1.29 is 19.1 Å². The lowest BCUT2D eigenvalue weighted by molar-refractivity contribution is -0.186. The Morgan fingerprint density at radius 1 is 1.08 bits per heavy atom. The minimum absolute atomic E-state index is 0.00969. The summed E-state index contributed by atoms with van der Waals surface area (Å²) in [4.78, 5) is 27.1. The van der Waals surface area contributed by atoms with Crippen LogP contribution in [0.15, 0.2) is 11.6 Å². The molecule has 0 bridgehead atoms. The number of allylic oxidation sites excluding steroid dienone is 1. The van der Waals surface area contributed by atoms with Crippen molar-refractivity contribution in [1.82, 2.24) is 4.90 Å². The first kappa shape index (κ1) is 20.5. The second kappa shape index (κ2) is 6.77. The van der Waals surface area contributed by atoms with Crippen LogP contribution in [0.2, 0.25) is 0 Å². The lowest BCUT2D eigenvalue weighted by Crippen LogP contribution is -2.73. The molecule has 138 valence electrons. The van der Waals surface area contributed by atoms with Gasteiger partial charge in [0.15, 0.2) is 5.54 Å². The van der Waals surface area contributed by atoms with Crippen molar-refractivity contribution in [2.24, 2.45) is 5.92 Å². The zero-order valence-corrected chi connectivity index (χ0v) is 16.6. The Morgan fingerprint density at radius 3 is 1.96 bits per heavy atom. The van der Waals surface area contributed by atoms with E-state index >= 15 is 0 Å². The van der Waals surface area contributed by atoms with Gasteiger partial charge in [0.25, 0.3) is 0 Å². The van der Waals surface area contributed by atoms with E-state index < -0.39 is 22.8 Å². The highest BCUT2D eigenvalue weighted by Gasteiger charge is 2.60. The van der Waals surface area contributed by atoms with Crippen LogP contribution in [-0.2, 0) is 14.3 Å². The average molecular weight is 339 g/mol. The summed E-state index contributed by atoms with van der Waals surface area (Å²) < 4.78 is 11.1. The van der Waals surface area contributed by atoms with Crippen molar-refractivity contribution in [3.8, 4) is 0 Å². The number of carbonyl (C=O) groups is 2. The average Bonchev–Trinajstić information content (AvgIpc) is 2.31. The van der Waals surface area contributed by atoms with Gasteiger partial charge in [0.2, 0.25) is 0 Å². The minimum atomic E-state index is -0.993. The summed E-state index contributed by atoms with van der Waals surface area (Å²) in [5.41, 5.74) is -1.11. The van der Waals surface area contributed by atoms with Gasteiger partial charge in [0.1, 0.15) is 11.2 Å². The molecule has 5 heteroatoms. The summed E-state index contributed by atoms with van der Waals surface area (Å²) in [7, 11) is 0. The Balaban J connectivity index is 3.16. The maximum Gasteiger partial charge on any atom is 0.411 e. The van der Waals surface area contributed by atoms with Gasteiger partial charge in [-0.05, 0) is 55.4 Å². The first-order chi connectivity index (χ1) is 10.7. The second-order valence-corrected chi connectivity index (χ2v) is 8.90. The molecule has 1 heterocycles. The SMILES string of the molecule is CC(C)=CCC1(C(=O)OC(C)(C)C)C(C)CN1C(=O)OC(C)(C)C. The van der Waals surface area contributed by atoms with Crippen molar-refractivity contribution in [2.75, 3.05) is 6.54 Å². The Labute approximate surface area is 146 Å². The number of nitrogens with zero attached hydrogens (tertiary/aromatic N) is 1. The van der Waals surface area contributed by atoms with Gasteiger partial charge in [-0.1, -0.05) is 18.6 Å². The molecule has 5 nitrogen and oxygen atoms in total. The Morgan fingerprint density at radius 2 is 1.58 bits per heavy atom. The van der Waals surface area contributed by atoms with Crippen LogP contribution >= 0.6 is 0 Å². The van der Waals surface area contributed by atoms with Crippen LogP contribution in [-0.4, -0.2) is 40.2 Å². The lowest BCUT2D eigenvalue weighted by atomic mass is 9.72. The van der Waals surface area contributed by atoms with Crippen LogP contribution in [0.3, 0.4) is 0 Å². The Hall–Kier alpha value is -1.52. The van der Waals surface area contributed by atoms with Crippen molar-refractivity contribution >= 4 is 12.1 Å². The van der Waals surface area contributed by atoms with Crippen LogP contribution in [0, 0.1) is 5.92 Å². The number of ether oxygens (including phenoxy) is 2. The predicted molar refractivity (Wildman–Crippen MR) is 94.7 cm³/mol. The van der Waals surface area contributed by atoms with Crippen LogP contribution in [0.4, 0.5) is 4.79 Å². The fraction of sp³-hybridized carbons (Fsp3) is 0.789. The lowest BCUT2D eigenvalue weighted by Gasteiger charge is -2.55. The van der Waals surface area contributed by atoms with Crippen molar-refractivity contribution in [3.05, 3.63) is 11.6 Å². The minimum Gasteiger partial charge on any atom is -0.458 e. The van der Waals surface area contributed by atoms with Crippen LogP contribution in [0.1, 0.15) is 68.7 Å². The van der Waals surface area contributed by atoms with E-state index in [4.69, 9.17) is 9.47 Å². The molecule has 24 heavy (non-hydrogen) atoms. The van der Waals surface area contributed by atoms with E-state index in [-0.39, 0.29) is 11.9 Å². The van der Waals surface area contributed by atoms with E-state index in [9.17, 15) is 9.59 Å². The molecular formula is C19H33NO4. The fourth-order valence-corrected chi connectivity index (χ4v) is 2.73. The molecule has 0 aromatic rings. The van der Waals surface area contributed by atoms with Gasteiger partial charge in [-0.3, -0.25) is 4.90 Å². The third-order valence-electron chi connectivity index (χ3n) is 3.94. The Kier molecular flexibility index (Phi) is 5.79. The molecule has 1 amide bonds. The number of esters is 1. The number of likely N-dealkylation sites (tertiary alicyclic amines) is 1. The van der Waals surface area contributed by atoms with Crippen molar-refractivity contribution in [2.45, 2.75) is 85.5 Å². The highest BCUT2D eigenvalue weighted by Crippen LogP contribution is 2.42. The molecule has 1 rings (SSSR count). The molecule has 0 aromatic carbocycles. The van der Waals surface area contributed by atoms with Gasteiger partial charge in [0, 0.05) is 18.9 Å². The largest absolute Gasteiger partial charge is 0.458 e. The summed E-state index contributed by atoms with van der Waals surface area (Å²) in [5, 5.41) is 0. The van der Waals surface area contributed by atoms with Crippen LogP contribution in [0.5, 0.6) is 0 Å². The van der Waals surface area contributed by atoms with Crippen molar-refractivity contribution in [3.63, 3.8) is 0 Å². The quantitative estimate of drug-likeness (QED) is 0.568. The maximum absolute atomic E-state index is 13.0. The third kappa shape index (κ3) is 4.74. The molecule has 0 aliphatic carbocycles. The highest BCUT2D eigenvalue weighted by molar-refractivity contribution is 5.89. The third-order valence-corrected chi connectivity index (χ3v) is 3.94. The Bertz CT molecular complexity index is 520. The molecule has 1 fully saturated rings. The summed E-state index contributed by atoms with van der Waals surface area (Å²) in [6.07, 6.45) is 1.95. The summed E-state index contributed by atoms with van der Waals surface area (Å²) >= 11 is 0. The van der Waals surface area contributed by atoms with E-state index in [0.29, 0.717) is 13.0 Å². The van der Waals surface area contributed by atoms with E-state index in [1.54, 1.807) is 0 Å². The topological polar surface area (TPSA) is 55.8 Å². The zero-order valence-electron chi connectivity index (χ0n) is 16.6.